The summed E-state index contributed by atoms with van der Waals surface area (Å²) in [7, 11) is 0. The highest BCUT2D eigenvalue weighted by atomic mass is 14.6. The Morgan fingerprint density at radius 2 is 1.88 bits per heavy atom. The van der Waals surface area contributed by atoms with Gasteiger partial charge in [-0.05, 0) is 43.2 Å². The van der Waals surface area contributed by atoms with Crippen molar-refractivity contribution >= 4 is 0 Å². The van der Waals surface area contributed by atoms with Gasteiger partial charge in [0.15, 0.2) is 0 Å². The fraction of sp³-hybridized carbons (Fsp3) is 0.500. The summed E-state index contributed by atoms with van der Waals surface area (Å²) in [5.74, 6) is 0. The maximum Gasteiger partial charge on any atom is 0.0510 e. The largest absolute Gasteiger partial charge is 0.321 e. The highest BCUT2D eigenvalue weighted by Gasteiger charge is 2.13. The lowest BCUT2D eigenvalue weighted by atomic mass is 9.95. The normalized spacial score (nSPS) is 18.4. The van der Waals surface area contributed by atoms with Crippen LogP contribution in [0.25, 0.3) is 0 Å². The molecule has 1 atom stereocenters. The van der Waals surface area contributed by atoms with Crippen LogP contribution in [0, 0.1) is 0 Å². The van der Waals surface area contributed by atoms with Gasteiger partial charge in [0, 0.05) is 0 Å². The van der Waals surface area contributed by atoms with Crippen molar-refractivity contribution in [1.29, 1.82) is 0 Å². The van der Waals surface area contributed by atoms with Crippen molar-refractivity contribution in [3.63, 3.8) is 0 Å². The summed E-state index contributed by atoms with van der Waals surface area (Å²) in [6.45, 7) is 2.18. The minimum absolute atomic E-state index is 0.110. The van der Waals surface area contributed by atoms with E-state index in [9.17, 15) is 0 Å². The molecule has 0 bridgehead atoms. The van der Waals surface area contributed by atoms with Gasteiger partial charge in [0.05, 0.1) is 6.04 Å². The third kappa shape index (κ3) is 3.19. The first-order valence-corrected chi connectivity index (χ1v) is 6.84. The number of hydrogen-bond donors (Lipinski definition) is 1. The maximum atomic E-state index is 6.36. The summed E-state index contributed by atoms with van der Waals surface area (Å²) in [5, 5.41) is 0. The van der Waals surface area contributed by atoms with E-state index in [1.54, 1.807) is 0 Å². The first-order chi connectivity index (χ1) is 8.31. The molecule has 0 radical (unpaired) electrons. The van der Waals surface area contributed by atoms with Crippen molar-refractivity contribution in [2.75, 3.05) is 0 Å². The summed E-state index contributed by atoms with van der Waals surface area (Å²) in [6, 6.07) is 8.89. The Bertz CT molecular complexity index is 375. The minimum atomic E-state index is 0.110. The Morgan fingerprint density at radius 3 is 2.59 bits per heavy atom. The van der Waals surface area contributed by atoms with Crippen molar-refractivity contribution in [3.8, 4) is 0 Å². The number of benzene rings is 1. The van der Waals surface area contributed by atoms with E-state index >= 15 is 0 Å². The zero-order valence-corrected chi connectivity index (χ0v) is 10.8. The van der Waals surface area contributed by atoms with Crippen LogP contribution < -0.4 is 5.73 Å². The maximum absolute atomic E-state index is 6.36. The molecule has 0 saturated carbocycles. The number of rotatable bonds is 3. The topological polar surface area (TPSA) is 26.0 Å². The smallest absolute Gasteiger partial charge is 0.0510 e. The number of aryl methyl sites for hydroxylation is 1. The fourth-order valence-corrected chi connectivity index (χ4v) is 2.50. The molecule has 0 aromatic heterocycles. The van der Waals surface area contributed by atoms with Gasteiger partial charge in [-0.15, -0.1) is 0 Å². The zero-order valence-electron chi connectivity index (χ0n) is 10.8. The molecule has 1 unspecified atom stereocenters. The van der Waals surface area contributed by atoms with Crippen molar-refractivity contribution in [1.82, 2.24) is 0 Å². The molecule has 0 spiro atoms. The third-order valence-corrected chi connectivity index (χ3v) is 3.72. The second kappa shape index (κ2) is 6.02. The van der Waals surface area contributed by atoms with Crippen LogP contribution in [0.15, 0.2) is 35.9 Å². The lowest BCUT2D eigenvalue weighted by Crippen LogP contribution is -2.13. The average molecular weight is 229 g/mol. The van der Waals surface area contributed by atoms with Gasteiger partial charge in [-0.2, -0.15) is 0 Å². The second-order valence-electron chi connectivity index (χ2n) is 4.95. The Morgan fingerprint density at radius 1 is 1.12 bits per heavy atom. The van der Waals surface area contributed by atoms with Crippen LogP contribution in [-0.4, -0.2) is 0 Å². The molecule has 0 amide bonds. The molecule has 1 aliphatic carbocycles. The molecule has 2 rings (SSSR count). The molecular formula is C16H23N. The number of hydrogen-bond acceptors (Lipinski definition) is 1. The molecule has 0 heterocycles. The monoisotopic (exact) mass is 229 g/mol. The van der Waals surface area contributed by atoms with E-state index in [4.69, 9.17) is 5.73 Å². The van der Waals surface area contributed by atoms with Gasteiger partial charge in [-0.3, -0.25) is 0 Å². The van der Waals surface area contributed by atoms with Crippen LogP contribution in [0.2, 0.25) is 0 Å². The first-order valence-electron chi connectivity index (χ1n) is 6.84. The fourth-order valence-electron chi connectivity index (χ4n) is 2.50. The van der Waals surface area contributed by atoms with E-state index in [1.807, 2.05) is 0 Å². The Labute approximate surface area is 105 Å². The van der Waals surface area contributed by atoms with Crippen LogP contribution >= 0.6 is 0 Å². The van der Waals surface area contributed by atoms with Gasteiger partial charge < -0.3 is 5.73 Å². The lowest BCUT2D eigenvalue weighted by Gasteiger charge is -2.16. The van der Waals surface area contributed by atoms with Gasteiger partial charge >= 0.3 is 0 Å². The molecule has 1 aliphatic rings. The average Bonchev–Trinajstić information content (AvgIpc) is 2.67. The second-order valence-corrected chi connectivity index (χ2v) is 4.95. The van der Waals surface area contributed by atoms with Crippen molar-refractivity contribution < 1.29 is 0 Å². The third-order valence-electron chi connectivity index (χ3n) is 3.72. The molecule has 0 saturated heterocycles. The summed E-state index contributed by atoms with van der Waals surface area (Å²) in [6.07, 6.45) is 9.81. The van der Waals surface area contributed by atoms with Crippen molar-refractivity contribution in [3.05, 3.63) is 47.0 Å². The molecule has 1 aromatic rings. The van der Waals surface area contributed by atoms with E-state index in [2.05, 4.69) is 37.3 Å². The quantitative estimate of drug-likeness (QED) is 0.774. The van der Waals surface area contributed by atoms with E-state index in [1.165, 1.54) is 48.8 Å². The van der Waals surface area contributed by atoms with Gasteiger partial charge in [-0.25, -0.2) is 0 Å². The molecule has 2 N–H and O–H groups in total. The molecule has 1 nitrogen and oxygen atoms in total. The van der Waals surface area contributed by atoms with Crippen LogP contribution in [-0.2, 0) is 6.42 Å². The van der Waals surface area contributed by atoms with Gasteiger partial charge in [0.25, 0.3) is 0 Å². The molecule has 0 fully saturated rings. The van der Waals surface area contributed by atoms with E-state index in [0.29, 0.717) is 0 Å². The van der Waals surface area contributed by atoms with E-state index in [0.717, 1.165) is 6.42 Å². The lowest BCUT2D eigenvalue weighted by molar-refractivity contribution is 0.688. The minimum Gasteiger partial charge on any atom is -0.321 e. The first kappa shape index (κ1) is 12.4. The van der Waals surface area contributed by atoms with Gasteiger partial charge in [-0.1, -0.05) is 49.3 Å². The van der Waals surface area contributed by atoms with Crippen LogP contribution in [0.1, 0.15) is 56.2 Å². The Kier molecular flexibility index (Phi) is 4.38. The van der Waals surface area contributed by atoms with E-state index < -0.39 is 0 Å². The SMILES string of the molecule is CCc1ccc(C(N)C2=CCCCCC2)cc1. The predicted octanol–water partition coefficient (Wildman–Crippen LogP) is 4.14. The van der Waals surface area contributed by atoms with Crippen LogP contribution in [0.3, 0.4) is 0 Å². The molecule has 0 aliphatic heterocycles. The number of allylic oxidation sites excluding steroid dienone is 1. The molecular weight excluding hydrogens is 206 g/mol. The predicted molar refractivity (Wildman–Crippen MR) is 73.9 cm³/mol. The van der Waals surface area contributed by atoms with Crippen LogP contribution in [0.5, 0.6) is 0 Å². The van der Waals surface area contributed by atoms with Gasteiger partial charge in [0.1, 0.15) is 0 Å². The molecule has 1 aromatic carbocycles. The Hall–Kier alpha value is -1.08. The summed E-state index contributed by atoms with van der Waals surface area (Å²) in [4.78, 5) is 0. The standard InChI is InChI=1S/C16H23N/c1-2-13-9-11-15(12-10-13)16(17)14-7-5-3-4-6-8-14/h7,9-12,16H,2-6,8,17H2,1H3. The summed E-state index contributed by atoms with van der Waals surface area (Å²) < 4.78 is 0. The van der Waals surface area contributed by atoms with Crippen LogP contribution in [0.4, 0.5) is 0 Å². The molecule has 1 heteroatoms. The van der Waals surface area contributed by atoms with Gasteiger partial charge in [0.2, 0.25) is 0 Å². The number of nitrogens with two attached hydrogens (primary N) is 1. The van der Waals surface area contributed by atoms with Crippen molar-refractivity contribution in [2.45, 2.75) is 51.5 Å². The summed E-state index contributed by atoms with van der Waals surface area (Å²) in [5.41, 5.74) is 10.4. The van der Waals surface area contributed by atoms with E-state index in [-0.39, 0.29) is 6.04 Å². The molecule has 92 valence electrons. The highest BCUT2D eigenvalue weighted by molar-refractivity contribution is 5.30. The Balaban J connectivity index is 2.11. The summed E-state index contributed by atoms with van der Waals surface area (Å²) >= 11 is 0. The van der Waals surface area contributed by atoms with Crippen molar-refractivity contribution in [2.24, 2.45) is 5.73 Å². The zero-order chi connectivity index (χ0) is 12.1. The molecule has 17 heavy (non-hydrogen) atoms. The highest BCUT2D eigenvalue weighted by Crippen LogP contribution is 2.27.